The van der Waals surface area contributed by atoms with Crippen LogP contribution in [0.25, 0.3) is 0 Å². The van der Waals surface area contributed by atoms with Crippen LogP contribution in [-0.4, -0.2) is 19.4 Å². The van der Waals surface area contributed by atoms with E-state index in [1.807, 2.05) is 18.2 Å². The minimum atomic E-state index is -2.89. The molecule has 1 fully saturated rings. The Balaban J connectivity index is 1.76. The fourth-order valence-electron chi connectivity index (χ4n) is 3.27. The van der Waals surface area contributed by atoms with Crippen LogP contribution in [0.15, 0.2) is 24.3 Å². The van der Waals surface area contributed by atoms with Gasteiger partial charge >= 0.3 is 0 Å². The Bertz CT molecular complexity index is 573. The lowest BCUT2D eigenvalue weighted by atomic mass is 9.80. The maximum atomic E-state index is 12.0. The molecule has 1 aromatic carbocycles. The highest BCUT2D eigenvalue weighted by atomic mass is 35.5. The molecule has 0 amide bonds. The summed E-state index contributed by atoms with van der Waals surface area (Å²) >= 11 is 6.02. The molecule has 0 bridgehead atoms. The molecule has 1 aromatic rings. The Labute approximate surface area is 140 Å². The van der Waals surface area contributed by atoms with Gasteiger partial charge in [0.15, 0.2) is 9.84 Å². The standard InChI is InChI=1S/C18H27ClO2S/c1-14(2)22(20,21)13-17-10-7-15(8-11-17)6-9-16-4-3-5-18(19)12-16/h3-5,12,14-15,17H,6-11,13H2,1-2H3. The van der Waals surface area contributed by atoms with E-state index in [1.165, 1.54) is 24.8 Å². The van der Waals surface area contributed by atoms with Crippen LogP contribution in [0.3, 0.4) is 0 Å². The average molecular weight is 343 g/mol. The molecule has 0 spiro atoms. The number of benzene rings is 1. The van der Waals surface area contributed by atoms with Crippen molar-refractivity contribution in [3.63, 3.8) is 0 Å². The van der Waals surface area contributed by atoms with E-state index >= 15 is 0 Å². The van der Waals surface area contributed by atoms with Gasteiger partial charge in [-0.3, -0.25) is 0 Å². The van der Waals surface area contributed by atoms with Gasteiger partial charge in [-0.25, -0.2) is 8.42 Å². The molecule has 0 heterocycles. The molecular weight excluding hydrogens is 316 g/mol. The highest BCUT2D eigenvalue weighted by Gasteiger charge is 2.27. The van der Waals surface area contributed by atoms with Gasteiger partial charge in [0.25, 0.3) is 0 Å². The van der Waals surface area contributed by atoms with E-state index in [-0.39, 0.29) is 5.25 Å². The van der Waals surface area contributed by atoms with Crippen LogP contribution in [0.1, 0.15) is 51.5 Å². The zero-order chi connectivity index (χ0) is 16.2. The lowest BCUT2D eigenvalue weighted by molar-refractivity contribution is 0.278. The molecule has 124 valence electrons. The minimum Gasteiger partial charge on any atom is -0.229 e. The van der Waals surface area contributed by atoms with Crippen LogP contribution in [-0.2, 0) is 16.3 Å². The molecule has 1 aliphatic carbocycles. The van der Waals surface area contributed by atoms with Gasteiger partial charge in [0, 0.05) is 5.02 Å². The summed E-state index contributed by atoms with van der Waals surface area (Å²) in [6, 6.07) is 8.09. The maximum Gasteiger partial charge on any atom is 0.152 e. The van der Waals surface area contributed by atoms with Crippen molar-refractivity contribution in [2.45, 2.75) is 57.6 Å². The molecule has 0 unspecified atom stereocenters. The van der Waals surface area contributed by atoms with Crippen LogP contribution in [0.4, 0.5) is 0 Å². The Morgan fingerprint density at radius 1 is 1.14 bits per heavy atom. The molecule has 1 aliphatic rings. The molecule has 1 saturated carbocycles. The second-order valence-corrected chi connectivity index (χ2v) is 9.97. The second-order valence-electron chi connectivity index (χ2n) is 6.93. The van der Waals surface area contributed by atoms with Crippen LogP contribution in [0.5, 0.6) is 0 Å². The zero-order valence-electron chi connectivity index (χ0n) is 13.6. The van der Waals surface area contributed by atoms with Crippen molar-refractivity contribution in [3.05, 3.63) is 34.9 Å². The third-order valence-electron chi connectivity index (χ3n) is 4.88. The largest absolute Gasteiger partial charge is 0.229 e. The normalized spacial score (nSPS) is 22.9. The fourth-order valence-corrected chi connectivity index (χ4v) is 4.86. The Kier molecular flexibility index (Phi) is 6.34. The smallest absolute Gasteiger partial charge is 0.152 e. The summed E-state index contributed by atoms with van der Waals surface area (Å²) in [5.74, 6) is 1.48. The molecular formula is C18H27ClO2S. The number of halogens is 1. The lowest BCUT2D eigenvalue weighted by Crippen LogP contribution is -2.26. The highest BCUT2D eigenvalue weighted by Crippen LogP contribution is 2.33. The number of rotatable bonds is 6. The van der Waals surface area contributed by atoms with E-state index in [2.05, 4.69) is 6.07 Å². The molecule has 0 aromatic heterocycles. The van der Waals surface area contributed by atoms with E-state index in [4.69, 9.17) is 11.6 Å². The van der Waals surface area contributed by atoms with Crippen molar-refractivity contribution < 1.29 is 8.42 Å². The van der Waals surface area contributed by atoms with E-state index < -0.39 is 9.84 Å². The topological polar surface area (TPSA) is 34.1 Å². The van der Waals surface area contributed by atoms with Crippen LogP contribution < -0.4 is 0 Å². The summed E-state index contributed by atoms with van der Waals surface area (Å²) in [4.78, 5) is 0. The lowest BCUT2D eigenvalue weighted by Gasteiger charge is -2.28. The van der Waals surface area contributed by atoms with E-state index in [0.29, 0.717) is 11.7 Å². The predicted molar refractivity (Wildman–Crippen MR) is 94.1 cm³/mol. The third kappa shape index (κ3) is 5.27. The molecule has 22 heavy (non-hydrogen) atoms. The third-order valence-corrected chi connectivity index (χ3v) is 7.49. The maximum absolute atomic E-state index is 12.0. The molecule has 4 heteroatoms. The van der Waals surface area contributed by atoms with Gasteiger partial charge < -0.3 is 0 Å². The fraction of sp³-hybridized carbons (Fsp3) is 0.667. The van der Waals surface area contributed by atoms with Crippen LogP contribution in [0, 0.1) is 11.8 Å². The zero-order valence-corrected chi connectivity index (χ0v) is 15.2. The summed E-state index contributed by atoms with van der Waals surface area (Å²) in [7, 11) is -2.89. The molecule has 0 atom stereocenters. The monoisotopic (exact) mass is 342 g/mol. The molecule has 0 N–H and O–H groups in total. The van der Waals surface area contributed by atoms with Crippen molar-refractivity contribution in [2.24, 2.45) is 11.8 Å². The van der Waals surface area contributed by atoms with Gasteiger partial charge in [-0.1, -0.05) is 36.6 Å². The van der Waals surface area contributed by atoms with Crippen molar-refractivity contribution in [1.82, 2.24) is 0 Å². The van der Waals surface area contributed by atoms with E-state index in [9.17, 15) is 8.42 Å². The van der Waals surface area contributed by atoms with Crippen LogP contribution in [0.2, 0.25) is 5.02 Å². The van der Waals surface area contributed by atoms with Crippen molar-refractivity contribution in [3.8, 4) is 0 Å². The molecule has 0 radical (unpaired) electrons. The summed E-state index contributed by atoms with van der Waals surface area (Å²) in [5, 5.41) is 0.563. The number of sulfone groups is 1. The van der Waals surface area contributed by atoms with Crippen molar-refractivity contribution in [2.75, 3.05) is 5.75 Å². The van der Waals surface area contributed by atoms with Gasteiger partial charge in [0.2, 0.25) is 0 Å². The van der Waals surface area contributed by atoms with Gasteiger partial charge in [0.1, 0.15) is 0 Å². The molecule has 0 saturated heterocycles. The number of hydrogen-bond acceptors (Lipinski definition) is 2. The SMILES string of the molecule is CC(C)S(=O)(=O)CC1CCC(CCc2cccc(Cl)c2)CC1. The van der Waals surface area contributed by atoms with E-state index in [1.54, 1.807) is 13.8 Å². The Morgan fingerprint density at radius 2 is 1.77 bits per heavy atom. The Hall–Kier alpha value is -0.540. The van der Waals surface area contributed by atoms with Gasteiger partial charge in [-0.05, 0) is 69.1 Å². The first-order chi connectivity index (χ1) is 10.4. The summed E-state index contributed by atoms with van der Waals surface area (Å²) in [6.45, 7) is 3.57. The molecule has 2 rings (SSSR count). The van der Waals surface area contributed by atoms with Gasteiger partial charge in [0.05, 0.1) is 11.0 Å². The second kappa shape index (κ2) is 7.83. The summed E-state index contributed by atoms with van der Waals surface area (Å²) < 4.78 is 24.0. The van der Waals surface area contributed by atoms with Gasteiger partial charge in [-0.15, -0.1) is 0 Å². The van der Waals surface area contributed by atoms with Crippen molar-refractivity contribution >= 4 is 21.4 Å². The molecule has 2 nitrogen and oxygen atoms in total. The van der Waals surface area contributed by atoms with E-state index in [0.717, 1.165) is 30.2 Å². The number of aryl methyl sites for hydroxylation is 1. The molecule has 0 aliphatic heterocycles. The van der Waals surface area contributed by atoms with Gasteiger partial charge in [-0.2, -0.15) is 0 Å². The number of hydrogen-bond donors (Lipinski definition) is 0. The van der Waals surface area contributed by atoms with Crippen molar-refractivity contribution in [1.29, 1.82) is 0 Å². The predicted octanol–water partition coefficient (Wildman–Crippen LogP) is 4.90. The minimum absolute atomic E-state index is 0.243. The quantitative estimate of drug-likeness (QED) is 0.736. The first-order valence-electron chi connectivity index (χ1n) is 8.33. The summed E-state index contributed by atoms with van der Waals surface area (Å²) in [6.07, 6.45) is 6.71. The average Bonchev–Trinajstić information content (AvgIpc) is 2.46. The first kappa shape index (κ1) is 17.8. The Morgan fingerprint density at radius 3 is 2.36 bits per heavy atom. The summed E-state index contributed by atoms with van der Waals surface area (Å²) in [5.41, 5.74) is 1.30. The van der Waals surface area contributed by atoms with Crippen LogP contribution >= 0.6 is 11.6 Å². The first-order valence-corrected chi connectivity index (χ1v) is 10.4. The highest BCUT2D eigenvalue weighted by molar-refractivity contribution is 7.91.